The maximum Gasteiger partial charge on any atom is 0.228 e. The van der Waals surface area contributed by atoms with Crippen LogP contribution in [0.2, 0.25) is 5.02 Å². The van der Waals surface area contributed by atoms with Gasteiger partial charge in [-0.15, -0.1) is 0 Å². The normalized spacial score (nSPS) is 13.0. The minimum absolute atomic E-state index is 0.0155. The molecule has 20 heavy (non-hydrogen) atoms. The molecule has 0 saturated carbocycles. The third-order valence-corrected chi connectivity index (χ3v) is 3.91. The van der Waals surface area contributed by atoms with Gasteiger partial charge in [0.25, 0.3) is 0 Å². The number of hydrogen-bond acceptors (Lipinski definition) is 3. The Morgan fingerprint density at radius 3 is 2.80 bits per heavy atom. The van der Waals surface area contributed by atoms with Crippen molar-refractivity contribution >= 4 is 56.2 Å². The van der Waals surface area contributed by atoms with Crippen molar-refractivity contribution in [2.45, 2.75) is 6.42 Å². The Morgan fingerprint density at radius 1 is 1.25 bits per heavy atom. The lowest BCUT2D eigenvalue weighted by Crippen LogP contribution is -2.03. The molecule has 1 aliphatic rings. The van der Waals surface area contributed by atoms with Crippen LogP contribution in [0.25, 0.3) is 0 Å². The molecule has 2 aromatic carbocycles. The quantitative estimate of drug-likeness (QED) is 0.718. The van der Waals surface area contributed by atoms with Crippen molar-refractivity contribution in [2.75, 3.05) is 16.4 Å². The van der Waals surface area contributed by atoms with Crippen molar-refractivity contribution in [2.24, 2.45) is 0 Å². The molecule has 0 aromatic heterocycles. The Kier molecular flexibility index (Phi) is 3.31. The number of rotatable bonds is 2. The number of amides is 1. The maximum atomic E-state index is 11.4. The minimum Gasteiger partial charge on any atom is -0.397 e. The summed E-state index contributed by atoms with van der Waals surface area (Å²) in [5, 5.41) is 6.57. The molecule has 0 unspecified atom stereocenters. The van der Waals surface area contributed by atoms with Crippen molar-refractivity contribution < 1.29 is 4.79 Å². The Morgan fingerprint density at radius 2 is 2.05 bits per heavy atom. The third-order valence-electron chi connectivity index (χ3n) is 3.10. The molecule has 0 aliphatic carbocycles. The van der Waals surface area contributed by atoms with E-state index in [1.807, 2.05) is 24.3 Å². The zero-order valence-electron chi connectivity index (χ0n) is 10.3. The molecule has 102 valence electrons. The van der Waals surface area contributed by atoms with Crippen LogP contribution >= 0.6 is 27.5 Å². The molecule has 0 saturated heterocycles. The summed E-state index contributed by atoms with van der Waals surface area (Å²) in [6.45, 7) is 0. The van der Waals surface area contributed by atoms with Crippen molar-refractivity contribution in [3.8, 4) is 0 Å². The highest BCUT2D eigenvalue weighted by atomic mass is 79.9. The Bertz CT molecular complexity index is 718. The second-order valence-electron chi connectivity index (χ2n) is 4.57. The summed E-state index contributed by atoms with van der Waals surface area (Å²) >= 11 is 9.53. The largest absolute Gasteiger partial charge is 0.397 e. The number of halogens is 2. The smallest absolute Gasteiger partial charge is 0.228 e. The van der Waals surface area contributed by atoms with E-state index in [-0.39, 0.29) is 5.91 Å². The first-order valence-corrected chi connectivity index (χ1v) is 7.14. The lowest BCUT2D eigenvalue weighted by molar-refractivity contribution is -0.115. The number of fused-ring (bicyclic) bond motifs is 1. The van der Waals surface area contributed by atoms with Crippen LogP contribution in [0.3, 0.4) is 0 Å². The average molecular weight is 353 g/mol. The van der Waals surface area contributed by atoms with Crippen LogP contribution in [0.4, 0.5) is 22.7 Å². The van der Waals surface area contributed by atoms with E-state index in [0.717, 1.165) is 27.1 Å². The number of carbonyl (C=O) groups excluding carboxylic acids is 1. The summed E-state index contributed by atoms with van der Waals surface area (Å²) in [4.78, 5) is 11.4. The van der Waals surface area contributed by atoms with Gasteiger partial charge in [-0.05, 0) is 35.9 Å². The molecule has 4 N–H and O–H groups in total. The van der Waals surface area contributed by atoms with Gasteiger partial charge < -0.3 is 16.4 Å². The number of nitrogens with two attached hydrogens (primary N) is 1. The van der Waals surface area contributed by atoms with Gasteiger partial charge in [-0.1, -0.05) is 27.5 Å². The van der Waals surface area contributed by atoms with E-state index in [1.54, 1.807) is 6.07 Å². The van der Waals surface area contributed by atoms with Crippen molar-refractivity contribution in [1.29, 1.82) is 0 Å². The molecule has 0 fully saturated rings. The van der Waals surface area contributed by atoms with Crippen LogP contribution in [0.15, 0.2) is 34.8 Å². The molecule has 0 atom stereocenters. The fourth-order valence-electron chi connectivity index (χ4n) is 2.14. The summed E-state index contributed by atoms with van der Waals surface area (Å²) in [6.07, 6.45) is 0.374. The summed E-state index contributed by atoms with van der Waals surface area (Å²) in [5.41, 5.74) is 9.78. The minimum atomic E-state index is -0.0155. The Labute approximate surface area is 129 Å². The number of anilines is 4. The van der Waals surface area contributed by atoms with E-state index in [2.05, 4.69) is 26.6 Å². The molecule has 0 bridgehead atoms. The summed E-state index contributed by atoms with van der Waals surface area (Å²) in [7, 11) is 0. The van der Waals surface area contributed by atoms with Crippen LogP contribution in [-0.2, 0) is 11.2 Å². The highest BCUT2D eigenvalue weighted by Gasteiger charge is 2.19. The van der Waals surface area contributed by atoms with Crippen LogP contribution in [0, 0.1) is 0 Å². The molecule has 1 amide bonds. The second kappa shape index (κ2) is 5.00. The van der Waals surface area contributed by atoms with Gasteiger partial charge in [-0.3, -0.25) is 4.79 Å². The van der Waals surface area contributed by atoms with Crippen LogP contribution in [0.5, 0.6) is 0 Å². The van der Waals surface area contributed by atoms with Crippen LogP contribution in [-0.4, -0.2) is 5.91 Å². The third kappa shape index (κ3) is 2.46. The fraction of sp³-hybridized carbons (Fsp3) is 0.0714. The Hall–Kier alpha value is -1.72. The van der Waals surface area contributed by atoms with Crippen LogP contribution in [0.1, 0.15) is 5.56 Å². The molecule has 2 aromatic rings. The Balaban J connectivity index is 1.95. The van der Waals surface area contributed by atoms with Gasteiger partial charge in [0.2, 0.25) is 5.91 Å². The van der Waals surface area contributed by atoms with E-state index in [4.69, 9.17) is 17.3 Å². The molecule has 0 radical (unpaired) electrons. The van der Waals surface area contributed by atoms with Crippen molar-refractivity contribution in [1.82, 2.24) is 0 Å². The van der Waals surface area contributed by atoms with Gasteiger partial charge in [0.15, 0.2) is 0 Å². The highest BCUT2D eigenvalue weighted by Crippen LogP contribution is 2.35. The van der Waals surface area contributed by atoms with Crippen molar-refractivity contribution in [3.05, 3.63) is 45.4 Å². The predicted octanol–water partition coefficient (Wildman–Crippen LogP) is 3.92. The van der Waals surface area contributed by atoms with E-state index in [0.29, 0.717) is 17.1 Å². The fourth-order valence-corrected chi connectivity index (χ4v) is 2.86. The first-order valence-electron chi connectivity index (χ1n) is 5.97. The zero-order valence-corrected chi connectivity index (χ0v) is 12.7. The zero-order chi connectivity index (χ0) is 14.3. The SMILES string of the molecule is Nc1cc2c(cc1Nc1ccc(Br)cc1Cl)NC(=O)C2. The first kappa shape index (κ1) is 13.3. The topological polar surface area (TPSA) is 67.2 Å². The number of carbonyl (C=O) groups is 1. The number of nitrogens with one attached hydrogen (secondary N) is 2. The molecular formula is C14H11BrClN3O. The molecule has 6 heteroatoms. The van der Waals surface area contributed by atoms with E-state index in [9.17, 15) is 4.79 Å². The summed E-state index contributed by atoms with van der Waals surface area (Å²) in [5.74, 6) is -0.0155. The lowest BCUT2D eigenvalue weighted by Gasteiger charge is -2.13. The summed E-state index contributed by atoms with van der Waals surface area (Å²) < 4.78 is 0.905. The second-order valence-corrected chi connectivity index (χ2v) is 5.89. The highest BCUT2D eigenvalue weighted by molar-refractivity contribution is 9.10. The van der Waals surface area contributed by atoms with Crippen molar-refractivity contribution in [3.63, 3.8) is 0 Å². The first-order chi connectivity index (χ1) is 9.52. The monoisotopic (exact) mass is 351 g/mol. The number of nitrogen functional groups attached to an aromatic ring is 1. The standard InChI is InChI=1S/C14H11BrClN3O/c15-8-1-2-11(9(16)5-8)18-13-6-12-7(3-10(13)17)4-14(20)19-12/h1-3,5-6,18H,4,17H2,(H,19,20). The van der Waals surface area contributed by atoms with Gasteiger partial charge in [0.05, 0.1) is 28.5 Å². The average Bonchev–Trinajstić information content (AvgIpc) is 2.72. The van der Waals surface area contributed by atoms with E-state index >= 15 is 0 Å². The molecule has 4 nitrogen and oxygen atoms in total. The summed E-state index contributed by atoms with van der Waals surface area (Å²) in [6, 6.07) is 9.18. The van der Waals surface area contributed by atoms with E-state index < -0.39 is 0 Å². The molecule has 0 spiro atoms. The van der Waals surface area contributed by atoms with Gasteiger partial charge in [-0.2, -0.15) is 0 Å². The lowest BCUT2D eigenvalue weighted by atomic mass is 10.1. The van der Waals surface area contributed by atoms with Gasteiger partial charge in [0, 0.05) is 10.2 Å². The van der Waals surface area contributed by atoms with Gasteiger partial charge in [0.1, 0.15) is 0 Å². The van der Waals surface area contributed by atoms with Gasteiger partial charge >= 0.3 is 0 Å². The maximum absolute atomic E-state index is 11.4. The molecule has 1 aliphatic heterocycles. The molecular weight excluding hydrogens is 342 g/mol. The predicted molar refractivity (Wildman–Crippen MR) is 85.6 cm³/mol. The number of benzene rings is 2. The van der Waals surface area contributed by atoms with Gasteiger partial charge in [-0.25, -0.2) is 0 Å². The van der Waals surface area contributed by atoms with Crippen LogP contribution < -0.4 is 16.4 Å². The van der Waals surface area contributed by atoms with E-state index in [1.165, 1.54) is 0 Å². The number of hydrogen-bond donors (Lipinski definition) is 3. The molecule has 1 heterocycles. The molecule has 3 rings (SSSR count).